The first-order valence-electron chi connectivity index (χ1n) is 12.3. The minimum Gasteiger partial charge on any atom is -0.375 e. The van der Waals surface area contributed by atoms with Gasteiger partial charge in [0, 0.05) is 13.2 Å². The monoisotopic (exact) mass is 412 g/mol. The first-order valence-corrected chi connectivity index (χ1v) is 12.3. The van der Waals surface area contributed by atoms with Crippen LogP contribution in [0.3, 0.4) is 0 Å². The van der Waals surface area contributed by atoms with Crippen LogP contribution in [-0.4, -0.2) is 37.8 Å². The number of unbranched alkanes of at least 4 members (excludes halogenated alkanes) is 1. The molecule has 2 nitrogen and oxygen atoms in total. The van der Waals surface area contributed by atoms with E-state index in [1.807, 2.05) is 0 Å². The van der Waals surface area contributed by atoms with Crippen LogP contribution in [0, 0.1) is 23.7 Å². The van der Waals surface area contributed by atoms with Crippen molar-refractivity contribution in [2.24, 2.45) is 23.7 Å². The summed E-state index contributed by atoms with van der Waals surface area (Å²) in [6.45, 7) is 7.14. The van der Waals surface area contributed by atoms with Crippen LogP contribution in [0.15, 0.2) is 12.7 Å². The number of ether oxygens (including phenoxy) is 2. The number of hydrogen-bond donors (Lipinski definition) is 0. The number of rotatable bonds is 9. The summed E-state index contributed by atoms with van der Waals surface area (Å²) in [7, 11) is 0. The minimum atomic E-state index is -1.55. The van der Waals surface area contributed by atoms with Crippen LogP contribution >= 0.6 is 0 Å². The van der Waals surface area contributed by atoms with Gasteiger partial charge in [0.05, 0.1) is 12.2 Å². The molecule has 0 aromatic carbocycles. The quantitative estimate of drug-likeness (QED) is 0.305. The molecule has 3 saturated carbocycles. The smallest absolute Gasteiger partial charge is 0.160 e. The molecule has 0 aromatic heterocycles. The van der Waals surface area contributed by atoms with E-state index in [1.54, 1.807) is 0 Å². The summed E-state index contributed by atoms with van der Waals surface area (Å²) in [6, 6.07) is 0. The van der Waals surface area contributed by atoms with Gasteiger partial charge in [-0.3, -0.25) is 0 Å². The van der Waals surface area contributed by atoms with E-state index in [2.05, 4.69) is 19.6 Å². The highest BCUT2D eigenvalue weighted by molar-refractivity contribution is 4.91. The van der Waals surface area contributed by atoms with Crippen molar-refractivity contribution in [3.8, 4) is 0 Å². The van der Waals surface area contributed by atoms with Crippen LogP contribution in [0.5, 0.6) is 0 Å². The Morgan fingerprint density at radius 2 is 1.34 bits per heavy atom. The van der Waals surface area contributed by atoms with E-state index >= 15 is 0 Å². The first kappa shape index (κ1) is 23.2. The Kier molecular flexibility index (Phi) is 9.43. The average Bonchev–Trinajstić information content (AvgIpc) is 2.77. The van der Waals surface area contributed by atoms with Gasteiger partial charge in [-0.1, -0.05) is 19.4 Å². The third-order valence-corrected chi connectivity index (χ3v) is 7.83. The normalized spacial score (nSPS) is 41.2. The highest BCUT2D eigenvalue weighted by Crippen LogP contribution is 2.42. The molecule has 0 heterocycles. The zero-order chi connectivity index (χ0) is 20.6. The molecule has 3 rings (SSSR count). The fraction of sp³-hybridized carbons (Fsp3) is 0.920. The fourth-order valence-corrected chi connectivity index (χ4v) is 5.72. The fourth-order valence-electron chi connectivity index (χ4n) is 5.72. The van der Waals surface area contributed by atoms with Crippen molar-refractivity contribution in [2.75, 3.05) is 13.2 Å². The van der Waals surface area contributed by atoms with Crippen molar-refractivity contribution < 1.29 is 18.3 Å². The van der Waals surface area contributed by atoms with Crippen molar-refractivity contribution in [2.45, 2.75) is 109 Å². The van der Waals surface area contributed by atoms with Crippen LogP contribution in [0.4, 0.5) is 8.78 Å². The SMILES string of the molecule is C=CC1CCC(C2CCC(COC3CCC(OCCCC)C(F)C3F)CC2)CC1. The molecule has 0 radical (unpaired) electrons. The first-order chi connectivity index (χ1) is 14.1. The lowest BCUT2D eigenvalue weighted by molar-refractivity contribution is -0.124. The maximum Gasteiger partial charge on any atom is 0.160 e. The molecule has 4 atom stereocenters. The van der Waals surface area contributed by atoms with E-state index in [1.165, 1.54) is 51.4 Å². The summed E-state index contributed by atoms with van der Waals surface area (Å²) < 4.78 is 40.4. The van der Waals surface area contributed by atoms with Gasteiger partial charge < -0.3 is 9.47 Å². The molecular weight excluding hydrogens is 370 g/mol. The molecule has 3 aliphatic carbocycles. The van der Waals surface area contributed by atoms with Gasteiger partial charge in [-0.05, 0) is 94.3 Å². The predicted octanol–water partition coefficient (Wildman–Crippen LogP) is 6.83. The van der Waals surface area contributed by atoms with E-state index in [4.69, 9.17) is 9.47 Å². The molecule has 168 valence electrons. The van der Waals surface area contributed by atoms with Crippen molar-refractivity contribution in [1.82, 2.24) is 0 Å². The van der Waals surface area contributed by atoms with E-state index in [0.29, 0.717) is 32.0 Å². The van der Waals surface area contributed by atoms with Gasteiger partial charge >= 0.3 is 0 Å². The highest BCUT2D eigenvalue weighted by atomic mass is 19.2. The lowest BCUT2D eigenvalue weighted by Gasteiger charge is -2.38. The van der Waals surface area contributed by atoms with Crippen LogP contribution < -0.4 is 0 Å². The second kappa shape index (κ2) is 11.8. The second-order valence-electron chi connectivity index (χ2n) is 9.79. The molecule has 0 saturated heterocycles. The molecule has 3 aliphatic rings. The van der Waals surface area contributed by atoms with Crippen molar-refractivity contribution in [3.63, 3.8) is 0 Å². The molecule has 0 aromatic rings. The Morgan fingerprint density at radius 1 is 0.793 bits per heavy atom. The van der Waals surface area contributed by atoms with E-state index in [9.17, 15) is 8.78 Å². The topological polar surface area (TPSA) is 18.5 Å². The Bertz CT molecular complexity index is 469. The summed E-state index contributed by atoms with van der Waals surface area (Å²) >= 11 is 0. The van der Waals surface area contributed by atoms with E-state index in [-0.39, 0.29) is 0 Å². The number of allylic oxidation sites excluding steroid dienone is 1. The Hall–Kier alpha value is -0.480. The molecule has 29 heavy (non-hydrogen) atoms. The maximum absolute atomic E-state index is 14.5. The average molecular weight is 413 g/mol. The summed E-state index contributed by atoms with van der Waals surface area (Å²) in [5.41, 5.74) is 0. The van der Waals surface area contributed by atoms with Crippen LogP contribution in [0.2, 0.25) is 0 Å². The number of hydrogen-bond acceptors (Lipinski definition) is 2. The minimum absolute atomic E-state index is 0.513. The Balaban J connectivity index is 1.34. The molecule has 0 bridgehead atoms. The van der Waals surface area contributed by atoms with Gasteiger partial charge in [-0.2, -0.15) is 0 Å². The molecule has 4 unspecified atom stereocenters. The highest BCUT2D eigenvalue weighted by Gasteiger charge is 2.42. The summed E-state index contributed by atoms with van der Waals surface area (Å²) in [4.78, 5) is 0. The lowest BCUT2D eigenvalue weighted by atomic mass is 9.69. The van der Waals surface area contributed by atoms with E-state index < -0.39 is 24.6 Å². The summed E-state index contributed by atoms with van der Waals surface area (Å²) in [5.74, 6) is 2.99. The Labute approximate surface area is 176 Å². The van der Waals surface area contributed by atoms with Gasteiger partial charge in [0.1, 0.15) is 0 Å². The molecule has 3 fully saturated rings. The number of alkyl halides is 2. The second-order valence-corrected chi connectivity index (χ2v) is 9.79. The standard InChI is InChI=1S/C25H42F2O2/c1-3-5-16-28-22-14-15-23(25(27)24(22)26)29-17-19-8-12-21(13-9-19)20-10-6-18(4-2)7-11-20/h4,18-25H,2-3,5-17H2,1H3. The molecular formula is C25H42F2O2. The van der Waals surface area contributed by atoms with Crippen molar-refractivity contribution in [1.29, 1.82) is 0 Å². The predicted molar refractivity (Wildman–Crippen MR) is 115 cm³/mol. The van der Waals surface area contributed by atoms with Crippen LogP contribution in [0.1, 0.15) is 84.0 Å². The molecule has 0 amide bonds. The van der Waals surface area contributed by atoms with Gasteiger partial charge in [-0.25, -0.2) is 8.78 Å². The van der Waals surface area contributed by atoms with Crippen molar-refractivity contribution in [3.05, 3.63) is 12.7 Å². The van der Waals surface area contributed by atoms with Gasteiger partial charge in [0.2, 0.25) is 0 Å². The van der Waals surface area contributed by atoms with Gasteiger partial charge in [-0.15, -0.1) is 6.58 Å². The van der Waals surface area contributed by atoms with Gasteiger partial charge in [0.15, 0.2) is 12.3 Å². The maximum atomic E-state index is 14.5. The molecule has 0 spiro atoms. The van der Waals surface area contributed by atoms with Crippen LogP contribution in [-0.2, 0) is 9.47 Å². The largest absolute Gasteiger partial charge is 0.375 e. The zero-order valence-electron chi connectivity index (χ0n) is 18.4. The third kappa shape index (κ3) is 6.50. The summed E-state index contributed by atoms with van der Waals surface area (Å²) in [5, 5.41) is 0. The van der Waals surface area contributed by atoms with Gasteiger partial charge in [0.25, 0.3) is 0 Å². The van der Waals surface area contributed by atoms with Crippen molar-refractivity contribution >= 4 is 0 Å². The molecule has 0 aliphatic heterocycles. The molecule has 0 N–H and O–H groups in total. The van der Waals surface area contributed by atoms with Crippen LogP contribution in [0.25, 0.3) is 0 Å². The molecule has 4 heteroatoms. The lowest BCUT2D eigenvalue weighted by Crippen LogP contribution is -2.47. The zero-order valence-corrected chi connectivity index (χ0v) is 18.4. The summed E-state index contributed by atoms with van der Waals surface area (Å²) in [6.07, 6.45) is 11.1. The van der Waals surface area contributed by atoms with E-state index in [0.717, 1.165) is 30.6 Å². The number of halogens is 2. The Morgan fingerprint density at radius 3 is 1.90 bits per heavy atom. The third-order valence-electron chi connectivity index (χ3n) is 7.83.